The summed E-state index contributed by atoms with van der Waals surface area (Å²) < 4.78 is 14.4. The van der Waals surface area contributed by atoms with Gasteiger partial charge in [0, 0.05) is 31.6 Å². The first-order valence-corrected chi connectivity index (χ1v) is 9.70. The predicted molar refractivity (Wildman–Crippen MR) is 124 cm³/mol. The van der Waals surface area contributed by atoms with Crippen LogP contribution in [-0.2, 0) is 13.1 Å². The zero-order valence-electron chi connectivity index (χ0n) is 16.6. The molecule has 0 spiro atoms. The van der Waals surface area contributed by atoms with Crippen molar-refractivity contribution in [2.45, 2.75) is 40.8 Å². The van der Waals surface area contributed by atoms with Crippen molar-refractivity contribution in [3.8, 4) is 0 Å². The van der Waals surface area contributed by atoms with Crippen LogP contribution in [0.25, 0.3) is 0 Å². The lowest BCUT2D eigenvalue weighted by atomic mass is 10.2. The molecule has 1 aromatic carbocycles. The van der Waals surface area contributed by atoms with E-state index >= 15 is 0 Å². The Hall–Kier alpha value is -1.42. The summed E-state index contributed by atoms with van der Waals surface area (Å²) in [6.45, 7) is 10.8. The first kappa shape index (κ1) is 23.6. The molecule has 0 aliphatic heterocycles. The highest BCUT2D eigenvalue weighted by atomic mass is 127. The zero-order chi connectivity index (χ0) is 19.1. The average Bonchev–Trinajstić information content (AvgIpc) is 2.95. The lowest BCUT2D eigenvalue weighted by Gasteiger charge is -2.22. The van der Waals surface area contributed by atoms with E-state index in [1.807, 2.05) is 44.7 Å². The van der Waals surface area contributed by atoms with E-state index in [1.165, 1.54) is 4.88 Å². The van der Waals surface area contributed by atoms with Crippen LogP contribution in [0.1, 0.15) is 35.0 Å². The molecule has 0 saturated carbocycles. The van der Waals surface area contributed by atoms with Crippen LogP contribution in [0.2, 0.25) is 0 Å². The first-order valence-electron chi connectivity index (χ1n) is 8.89. The van der Waals surface area contributed by atoms with E-state index in [-0.39, 0.29) is 29.8 Å². The molecular formula is C19H29FIN5S. The van der Waals surface area contributed by atoms with Crippen LogP contribution in [0.3, 0.4) is 0 Å². The topological polar surface area (TPSA) is 52.5 Å². The van der Waals surface area contributed by atoms with Crippen LogP contribution in [0.4, 0.5) is 10.1 Å². The second-order valence-electron chi connectivity index (χ2n) is 5.98. The molecule has 0 amide bonds. The zero-order valence-corrected chi connectivity index (χ0v) is 19.7. The van der Waals surface area contributed by atoms with Crippen LogP contribution in [0.15, 0.2) is 23.2 Å². The maximum Gasteiger partial charge on any atom is 0.191 e. The molecule has 1 heterocycles. The van der Waals surface area contributed by atoms with Gasteiger partial charge in [-0.15, -0.1) is 35.3 Å². The molecule has 2 aromatic rings. The lowest BCUT2D eigenvalue weighted by molar-refractivity contribution is 0.617. The Morgan fingerprint density at radius 3 is 2.37 bits per heavy atom. The highest BCUT2D eigenvalue weighted by Crippen LogP contribution is 2.20. The van der Waals surface area contributed by atoms with E-state index in [1.54, 1.807) is 24.5 Å². The lowest BCUT2D eigenvalue weighted by Crippen LogP contribution is -2.36. The second kappa shape index (κ2) is 11.4. The van der Waals surface area contributed by atoms with E-state index in [2.05, 4.69) is 20.6 Å². The molecule has 0 saturated heterocycles. The molecule has 0 unspecified atom stereocenters. The number of hydrogen-bond donors (Lipinski definition) is 2. The summed E-state index contributed by atoms with van der Waals surface area (Å²) in [6.07, 6.45) is 0. The number of nitrogens with zero attached hydrogens (tertiary/aromatic N) is 3. The number of aromatic nitrogens is 1. The summed E-state index contributed by atoms with van der Waals surface area (Å²) in [6, 6.07) is 5.39. The molecule has 5 nitrogen and oxygen atoms in total. The molecular weight excluding hydrogens is 476 g/mol. The molecule has 2 rings (SSSR count). The number of aliphatic imine (C=N–C) groups is 1. The molecule has 150 valence electrons. The van der Waals surface area contributed by atoms with Gasteiger partial charge in [-0.25, -0.2) is 9.37 Å². The van der Waals surface area contributed by atoms with Crippen LogP contribution in [0, 0.1) is 19.7 Å². The van der Waals surface area contributed by atoms with Gasteiger partial charge >= 0.3 is 0 Å². The van der Waals surface area contributed by atoms with Gasteiger partial charge in [0.2, 0.25) is 0 Å². The Balaban J connectivity index is 0.00000364. The Labute approximate surface area is 182 Å². The summed E-state index contributed by atoms with van der Waals surface area (Å²) in [5.74, 6) is 0.496. The van der Waals surface area contributed by atoms with Crippen molar-refractivity contribution in [1.82, 2.24) is 15.6 Å². The summed E-state index contributed by atoms with van der Waals surface area (Å²) in [5.41, 5.74) is 2.58. The number of halogens is 2. The Morgan fingerprint density at radius 1 is 1.19 bits per heavy atom. The van der Waals surface area contributed by atoms with Gasteiger partial charge in [0.15, 0.2) is 5.96 Å². The molecule has 27 heavy (non-hydrogen) atoms. The van der Waals surface area contributed by atoms with E-state index in [9.17, 15) is 4.39 Å². The molecule has 0 atom stereocenters. The highest BCUT2D eigenvalue weighted by Gasteiger charge is 2.10. The second-order valence-corrected chi connectivity index (χ2v) is 7.27. The largest absolute Gasteiger partial charge is 0.370 e. The normalized spacial score (nSPS) is 11.1. The van der Waals surface area contributed by atoms with Crippen LogP contribution in [0.5, 0.6) is 0 Å². The van der Waals surface area contributed by atoms with Gasteiger partial charge in [0.1, 0.15) is 5.82 Å². The van der Waals surface area contributed by atoms with Gasteiger partial charge in [-0.1, -0.05) is 6.07 Å². The minimum Gasteiger partial charge on any atom is -0.370 e. The molecule has 1 aromatic heterocycles. The smallest absolute Gasteiger partial charge is 0.191 e. The summed E-state index contributed by atoms with van der Waals surface area (Å²) in [7, 11) is 1.73. The molecule has 0 fully saturated rings. The van der Waals surface area contributed by atoms with Crippen molar-refractivity contribution in [2.75, 3.05) is 25.0 Å². The van der Waals surface area contributed by atoms with Gasteiger partial charge in [0.25, 0.3) is 0 Å². The first-order chi connectivity index (χ1) is 12.5. The molecule has 0 radical (unpaired) electrons. The number of hydrogen-bond acceptors (Lipinski definition) is 4. The standard InChI is InChI=1S/C19H28FN5S.HI/c1-6-25(7-2)17-9-8-15(10-16(17)20)11-22-19(21-5)23-12-18-13(3)24-14(4)26-18;/h8-10H,6-7,11-12H2,1-5H3,(H2,21,22,23);1H. The third-order valence-corrected chi connectivity index (χ3v) is 5.29. The van der Waals surface area contributed by atoms with Crippen molar-refractivity contribution < 1.29 is 4.39 Å². The van der Waals surface area contributed by atoms with Crippen LogP contribution in [-0.4, -0.2) is 31.1 Å². The third kappa shape index (κ3) is 6.60. The van der Waals surface area contributed by atoms with Crippen molar-refractivity contribution in [2.24, 2.45) is 4.99 Å². The number of thiazole rings is 1. The fourth-order valence-electron chi connectivity index (χ4n) is 2.79. The number of benzene rings is 1. The molecule has 8 heteroatoms. The van der Waals surface area contributed by atoms with Crippen molar-refractivity contribution in [1.29, 1.82) is 0 Å². The van der Waals surface area contributed by atoms with Gasteiger partial charge < -0.3 is 15.5 Å². The number of anilines is 1. The highest BCUT2D eigenvalue weighted by molar-refractivity contribution is 14.0. The van der Waals surface area contributed by atoms with E-state index < -0.39 is 0 Å². The molecule has 0 aliphatic carbocycles. The van der Waals surface area contributed by atoms with Gasteiger partial charge in [0.05, 0.1) is 22.9 Å². The third-order valence-electron chi connectivity index (χ3n) is 4.22. The van der Waals surface area contributed by atoms with Gasteiger partial charge in [-0.3, -0.25) is 4.99 Å². The summed E-state index contributed by atoms with van der Waals surface area (Å²) in [5, 5.41) is 7.57. The maximum atomic E-state index is 14.4. The molecule has 2 N–H and O–H groups in total. The minimum atomic E-state index is -0.188. The van der Waals surface area contributed by atoms with Crippen LogP contribution >= 0.6 is 35.3 Å². The monoisotopic (exact) mass is 505 g/mol. The van der Waals surface area contributed by atoms with E-state index in [0.29, 0.717) is 24.7 Å². The quantitative estimate of drug-likeness (QED) is 0.336. The average molecular weight is 505 g/mol. The molecule has 0 bridgehead atoms. The number of rotatable bonds is 7. The predicted octanol–water partition coefficient (Wildman–Crippen LogP) is 4.23. The SMILES string of the molecule is CCN(CC)c1ccc(CNC(=NC)NCc2sc(C)nc2C)cc1F.I. The Bertz CT molecular complexity index is 759. The number of guanidine groups is 1. The van der Waals surface area contributed by atoms with Crippen molar-refractivity contribution in [3.05, 3.63) is 45.2 Å². The van der Waals surface area contributed by atoms with E-state index in [0.717, 1.165) is 29.4 Å². The number of nitrogens with one attached hydrogen (secondary N) is 2. The summed E-state index contributed by atoms with van der Waals surface area (Å²) in [4.78, 5) is 11.9. The fraction of sp³-hybridized carbons (Fsp3) is 0.474. The minimum absolute atomic E-state index is 0. The van der Waals surface area contributed by atoms with E-state index in [4.69, 9.17) is 0 Å². The number of aryl methyl sites for hydroxylation is 2. The Kier molecular flexibility index (Phi) is 10.00. The van der Waals surface area contributed by atoms with Crippen molar-refractivity contribution in [3.63, 3.8) is 0 Å². The van der Waals surface area contributed by atoms with Gasteiger partial charge in [-0.2, -0.15) is 0 Å². The molecule has 0 aliphatic rings. The fourth-order valence-corrected chi connectivity index (χ4v) is 3.67. The maximum absolute atomic E-state index is 14.4. The van der Waals surface area contributed by atoms with Crippen LogP contribution < -0.4 is 15.5 Å². The summed E-state index contributed by atoms with van der Waals surface area (Å²) >= 11 is 1.68. The Morgan fingerprint density at radius 2 is 1.85 bits per heavy atom. The van der Waals surface area contributed by atoms with Gasteiger partial charge in [-0.05, 0) is 45.4 Å². The van der Waals surface area contributed by atoms with Crippen molar-refractivity contribution >= 4 is 47.0 Å².